The average Bonchev–Trinajstić information content (AvgIpc) is 2.60. The van der Waals surface area contributed by atoms with Crippen molar-refractivity contribution in [3.63, 3.8) is 0 Å². The van der Waals surface area contributed by atoms with Gasteiger partial charge in [-0.2, -0.15) is 0 Å². The number of nitro benzene ring substituents is 1. The molecule has 0 aliphatic heterocycles. The third-order valence-corrected chi connectivity index (χ3v) is 5.34. The molecule has 0 bridgehead atoms. The number of nitro groups is 1. The predicted molar refractivity (Wildman–Crippen MR) is 96.5 cm³/mol. The van der Waals surface area contributed by atoms with Gasteiger partial charge < -0.3 is 5.32 Å². The van der Waals surface area contributed by atoms with E-state index < -0.39 is 37.9 Å². The second-order valence-corrected chi connectivity index (χ2v) is 7.58. The minimum Gasteiger partial charge on any atom is -0.351 e. The molecule has 2 aromatic rings. The maximum Gasteiger partial charge on any atom is 0.270 e. The Morgan fingerprint density at radius 3 is 2.52 bits per heavy atom. The van der Waals surface area contributed by atoms with E-state index >= 15 is 0 Å². The molecule has 27 heavy (non-hydrogen) atoms. The van der Waals surface area contributed by atoms with E-state index in [1.807, 2.05) is 0 Å². The first-order chi connectivity index (χ1) is 12.6. The van der Waals surface area contributed by atoms with Crippen molar-refractivity contribution in [3.8, 4) is 0 Å². The molecular formula is C17H18FN3O5S. The van der Waals surface area contributed by atoms with Crippen LogP contribution in [0.5, 0.6) is 0 Å². The second-order valence-electron chi connectivity index (χ2n) is 5.84. The molecule has 0 aliphatic carbocycles. The molecule has 0 saturated heterocycles. The van der Waals surface area contributed by atoms with Gasteiger partial charge in [0.25, 0.3) is 11.6 Å². The zero-order valence-electron chi connectivity index (χ0n) is 14.7. The van der Waals surface area contributed by atoms with Crippen LogP contribution in [0.25, 0.3) is 0 Å². The Hall–Kier alpha value is -2.85. The largest absolute Gasteiger partial charge is 0.351 e. The van der Waals surface area contributed by atoms with Crippen LogP contribution in [-0.4, -0.2) is 32.3 Å². The van der Waals surface area contributed by atoms with Crippen molar-refractivity contribution in [3.05, 3.63) is 69.0 Å². The molecular weight excluding hydrogens is 377 g/mol. The van der Waals surface area contributed by atoms with Gasteiger partial charge in [-0.25, -0.2) is 17.5 Å². The molecule has 1 amide bonds. The molecule has 0 atom stereocenters. The highest BCUT2D eigenvalue weighted by Crippen LogP contribution is 2.17. The van der Waals surface area contributed by atoms with Gasteiger partial charge in [0.1, 0.15) is 5.82 Å². The first-order valence-electron chi connectivity index (χ1n) is 7.91. The summed E-state index contributed by atoms with van der Waals surface area (Å²) in [5.74, 6) is -1.78. The highest BCUT2D eigenvalue weighted by molar-refractivity contribution is 7.89. The third kappa shape index (κ3) is 5.08. The number of nitrogens with one attached hydrogen (secondary N) is 2. The molecule has 0 aromatic heterocycles. The van der Waals surface area contributed by atoms with E-state index in [0.717, 1.165) is 23.8 Å². The Kier molecular flexibility index (Phi) is 6.24. The number of amides is 1. The number of carbonyl (C=O) groups is 1. The number of non-ortho nitro benzene ring substituents is 1. The molecule has 144 valence electrons. The van der Waals surface area contributed by atoms with E-state index in [0.29, 0.717) is 5.56 Å². The molecule has 0 spiro atoms. The first-order valence-corrected chi connectivity index (χ1v) is 9.39. The zero-order chi connectivity index (χ0) is 20.2. The van der Waals surface area contributed by atoms with E-state index in [1.54, 1.807) is 26.0 Å². The van der Waals surface area contributed by atoms with Gasteiger partial charge in [-0.3, -0.25) is 14.9 Å². The van der Waals surface area contributed by atoms with Gasteiger partial charge >= 0.3 is 0 Å². The Bertz CT molecular complexity index is 992. The summed E-state index contributed by atoms with van der Waals surface area (Å²) in [7, 11) is -3.77. The molecule has 0 heterocycles. The van der Waals surface area contributed by atoms with Gasteiger partial charge in [0.05, 0.1) is 15.4 Å². The summed E-state index contributed by atoms with van der Waals surface area (Å²) < 4.78 is 40.7. The predicted octanol–water partition coefficient (Wildman–Crippen LogP) is 2.06. The summed E-state index contributed by atoms with van der Waals surface area (Å²) in [5, 5.41) is 13.0. The normalized spacial score (nSPS) is 11.2. The molecule has 2 N–H and O–H groups in total. The number of sulfonamides is 1. The van der Waals surface area contributed by atoms with Gasteiger partial charge in [-0.1, -0.05) is 12.1 Å². The van der Waals surface area contributed by atoms with Crippen molar-refractivity contribution in [2.75, 3.05) is 13.1 Å². The third-order valence-electron chi connectivity index (χ3n) is 3.74. The van der Waals surface area contributed by atoms with Gasteiger partial charge in [-0.05, 0) is 37.1 Å². The summed E-state index contributed by atoms with van der Waals surface area (Å²) in [5.41, 5.74) is 0.463. The fourth-order valence-corrected chi connectivity index (χ4v) is 3.69. The molecule has 2 rings (SSSR count). The Morgan fingerprint density at radius 2 is 1.85 bits per heavy atom. The van der Waals surface area contributed by atoms with Crippen LogP contribution in [0.1, 0.15) is 21.5 Å². The number of carbonyl (C=O) groups excluding carboxylic acids is 1. The summed E-state index contributed by atoms with van der Waals surface area (Å²) in [6, 6.07) is 7.62. The summed E-state index contributed by atoms with van der Waals surface area (Å²) >= 11 is 0. The fraction of sp³-hybridized carbons (Fsp3) is 0.235. The van der Waals surface area contributed by atoms with Crippen LogP contribution in [0.4, 0.5) is 10.1 Å². The van der Waals surface area contributed by atoms with Crippen LogP contribution in [0.15, 0.2) is 41.3 Å². The lowest BCUT2D eigenvalue weighted by Crippen LogP contribution is -2.35. The van der Waals surface area contributed by atoms with Gasteiger partial charge in [0.2, 0.25) is 10.0 Å². The maximum atomic E-state index is 13.7. The zero-order valence-corrected chi connectivity index (χ0v) is 15.5. The molecule has 0 aliphatic rings. The average molecular weight is 395 g/mol. The number of halogens is 1. The highest BCUT2D eigenvalue weighted by atomic mass is 32.2. The Balaban J connectivity index is 1.99. The quantitative estimate of drug-likeness (QED) is 0.423. The molecule has 10 heteroatoms. The summed E-state index contributed by atoms with van der Waals surface area (Å²) in [4.78, 5) is 22.1. The van der Waals surface area contributed by atoms with Crippen LogP contribution in [0.3, 0.4) is 0 Å². The maximum absolute atomic E-state index is 13.7. The Morgan fingerprint density at radius 1 is 1.15 bits per heavy atom. The van der Waals surface area contributed by atoms with Crippen molar-refractivity contribution in [1.82, 2.24) is 10.0 Å². The van der Waals surface area contributed by atoms with Crippen LogP contribution in [0.2, 0.25) is 0 Å². The number of nitrogens with zero attached hydrogens (tertiary/aromatic N) is 1. The lowest BCUT2D eigenvalue weighted by Gasteiger charge is -2.11. The van der Waals surface area contributed by atoms with Gasteiger partial charge in [0, 0.05) is 25.2 Å². The first kappa shape index (κ1) is 20.5. The fourth-order valence-electron chi connectivity index (χ4n) is 2.33. The molecule has 0 saturated carbocycles. The van der Waals surface area contributed by atoms with Gasteiger partial charge in [0.15, 0.2) is 0 Å². The molecule has 0 fully saturated rings. The van der Waals surface area contributed by atoms with Crippen LogP contribution in [0, 0.1) is 29.8 Å². The second kappa shape index (κ2) is 8.23. The summed E-state index contributed by atoms with van der Waals surface area (Å²) in [6.45, 7) is 3.19. The van der Waals surface area contributed by atoms with Crippen LogP contribution >= 0.6 is 0 Å². The van der Waals surface area contributed by atoms with E-state index in [-0.39, 0.29) is 18.0 Å². The monoisotopic (exact) mass is 395 g/mol. The van der Waals surface area contributed by atoms with Crippen LogP contribution in [-0.2, 0) is 10.0 Å². The number of hydrogen-bond donors (Lipinski definition) is 2. The number of rotatable bonds is 7. The van der Waals surface area contributed by atoms with E-state index in [9.17, 15) is 27.7 Å². The van der Waals surface area contributed by atoms with E-state index in [2.05, 4.69) is 10.0 Å². The minimum absolute atomic E-state index is 0.120. The van der Waals surface area contributed by atoms with E-state index in [4.69, 9.17) is 0 Å². The minimum atomic E-state index is -3.77. The lowest BCUT2D eigenvalue weighted by molar-refractivity contribution is -0.384. The van der Waals surface area contributed by atoms with Crippen molar-refractivity contribution in [2.45, 2.75) is 18.7 Å². The summed E-state index contributed by atoms with van der Waals surface area (Å²) in [6.07, 6.45) is 0. The molecule has 2 aromatic carbocycles. The van der Waals surface area contributed by atoms with E-state index in [1.165, 1.54) is 6.07 Å². The van der Waals surface area contributed by atoms with Crippen molar-refractivity contribution in [1.29, 1.82) is 0 Å². The number of benzene rings is 2. The molecule has 8 nitrogen and oxygen atoms in total. The van der Waals surface area contributed by atoms with Crippen molar-refractivity contribution >= 4 is 21.6 Å². The lowest BCUT2D eigenvalue weighted by atomic mass is 10.1. The van der Waals surface area contributed by atoms with Gasteiger partial charge in [-0.15, -0.1) is 0 Å². The van der Waals surface area contributed by atoms with Crippen molar-refractivity contribution in [2.24, 2.45) is 0 Å². The number of hydrogen-bond acceptors (Lipinski definition) is 5. The standard InChI is InChI=1S/C17H18FN3O5S/c1-11-3-4-12(2)16(9-11)27(25,26)20-8-7-19-17(22)14-10-13(21(23)24)5-6-15(14)18/h3-6,9-10,20H,7-8H2,1-2H3,(H,19,22). The topological polar surface area (TPSA) is 118 Å². The smallest absolute Gasteiger partial charge is 0.270 e. The Labute approximate surface area is 155 Å². The SMILES string of the molecule is Cc1ccc(C)c(S(=O)(=O)NCCNC(=O)c2cc([N+](=O)[O-])ccc2F)c1. The number of aryl methyl sites for hydroxylation is 2. The molecule has 0 unspecified atom stereocenters. The molecule has 0 radical (unpaired) electrons. The highest BCUT2D eigenvalue weighted by Gasteiger charge is 2.18. The van der Waals surface area contributed by atoms with Crippen LogP contribution < -0.4 is 10.0 Å². The van der Waals surface area contributed by atoms with Crippen molar-refractivity contribution < 1.29 is 22.5 Å².